The number of rotatable bonds is 3. The molecule has 2 fully saturated rings. The molecule has 6 heteroatoms. The fraction of sp³-hybridized carbons (Fsp3) is 0.857. The number of carbonyl (C=O) groups is 2. The number of hydrogen-bond acceptors (Lipinski definition) is 3. The molecule has 0 aromatic rings. The molecule has 1 saturated carbocycles. The van der Waals surface area contributed by atoms with Crippen molar-refractivity contribution in [3.05, 3.63) is 0 Å². The van der Waals surface area contributed by atoms with Crippen molar-refractivity contribution in [3.8, 4) is 0 Å². The first-order chi connectivity index (χ1) is 9.56. The lowest BCUT2D eigenvalue weighted by Gasteiger charge is -2.32. The molecule has 0 spiro atoms. The van der Waals surface area contributed by atoms with E-state index in [1.165, 1.54) is 0 Å². The van der Waals surface area contributed by atoms with Crippen LogP contribution in [0.25, 0.3) is 0 Å². The van der Waals surface area contributed by atoms with E-state index in [1.54, 1.807) is 0 Å². The molecule has 1 heterocycles. The molecule has 1 aliphatic heterocycles. The summed E-state index contributed by atoms with van der Waals surface area (Å²) in [7, 11) is 2.08. The predicted molar refractivity (Wildman–Crippen MR) is 75.6 cm³/mol. The average molecular weight is 283 g/mol. The number of carboxylic acids is 1. The number of amides is 2. The summed E-state index contributed by atoms with van der Waals surface area (Å²) >= 11 is 0. The van der Waals surface area contributed by atoms with Gasteiger partial charge in [0.1, 0.15) is 0 Å². The van der Waals surface area contributed by atoms with Crippen molar-refractivity contribution in [1.29, 1.82) is 0 Å². The summed E-state index contributed by atoms with van der Waals surface area (Å²) in [5.74, 6) is -1.23. The highest BCUT2D eigenvalue weighted by Gasteiger charge is 2.32. The minimum atomic E-state index is -0.797. The van der Waals surface area contributed by atoms with E-state index >= 15 is 0 Å². The van der Waals surface area contributed by atoms with Gasteiger partial charge in [-0.25, -0.2) is 4.79 Å². The Morgan fingerprint density at radius 3 is 2.35 bits per heavy atom. The van der Waals surface area contributed by atoms with Gasteiger partial charge in [-0.1, -0.05) is 12.8 Å². The van der Waals surface area contributed by atoms with Gasteiger partial charge in [0.15, 0.2) is 0 Å². The molecule has 2 amide bonds. The maximum absolute atomic E-state index is 12.0. The number of hydrogen-bond donors (Lipinski definition) is 3. The van der Waals surface area contributed by atoms with Crippen molar-refractivity contribution < 1.29 is 14.7 Å². The Kier molecular flexibility index (Phi) is 5.23. The molecule has 0 aromatic carbocycles. The van der Waals surface area contributed by atoms with Crippen LogP contribution in [0.3, 0.4) is 0 Å². The van der Waals surface area contributed by atoms with Crippen LogP contribution in [0.4, 0.5) is 4.79 Å². The zero-order valence-corrected chi connectivity index (χ0v) is 12.1. The maximum atomic E-state index is 12.0. The summed E-state index contributed by atoms with van der Waals surface area (Å²) in [5.41, 5.74) is 0. The molecule has 3 N–H and O–H groups in total. The number of nitrogens with one attached hydrogen (secondary N) is 2. The van der Waals surface area contributed by atoms with Gasteiger partial charge < -0.3 is 20.6 Å². The highest BCUT2D eigenvalue weighted by Crippen LogP contribution is 2.24. The van der Waals surface area contributed by atoms with Crippen LogP contribution in [-0.4, -0.2) is 54.2 Å². The molecule has 2 unspecified atom stereocenters. The molecule has 114 valence electrons. The van der Waals surface area contributed by atoms with Gasteiger partial charge in [-0.2, -0.15) is 0 Å². The highest BCUT2D eigenvalue weighted by atomic mass is 16.4. The highest BCUT2D eigenvalue weighted by molar-refractivity contribution is 5.77. The van der Waals surface area contributed by atoms with Gasteiger partial charge in [0.2, 0.25) is 0 Å². The predicted octanol–water partition coefficient (Wildman–Crippen LogP) is 1.02. The van der Waals surface area contributed by atoms with E-state index in [0.717, 1.165) is 45.2 Å². The van der Waals surface area contributed by atoms with Gasteiger partial charge >= 0.3 is 12.0 Å². The van der Waals surface area contributed by atoms with Crippen molar-refractivity contribution in [2.24, 2.45) is 5.92 Å². The third-order valence-electron chi connectivity index (χ3n) is 4.45. The number of likely N-dealkylation sites (tertiary alicyclic amines) is 1. The summed E-state index contributed by atoms with van der Waals surface area (Å²) in [5, 5.41) is 15.0. The second kappa shape index (κ2) is 6.92. The molecule has 1 saturated heterocycles. The second-order valence-corrected chi connectivity index (χ2v) is 6.03. The van der Waals surface area contributed by atoms with Gasteiger partial charge in [-0.3, -0.25) is 4.79 Å². The number of nitrogens with zero attached hydrogens (tertiary/aromatic N) is 1. The zero-order chi connectivity index (χ0) is 14.5. The molecule has 2 atom stereocenters. The number of carbonyl (C=O) groups excluding carboxylic acids is 1. The van der Waals surface area contributed by atoms with Crippen molar-refractivity contribution >= 4 is 12.0 Å². The molecule has 20 heavy (non-hydrogen) atoms. The number of piperidine rings is 1. The quantitative estimate of drug-likeness (QED) is 0.722. The lowest BCUT2D eigenvalue weighted by Crippen LogP contribution is -2.52. The van der Waals surface area contributed by atoms with E-state index in [4.69, 9.17) is 0 Å². The lowest BCUT2D eigenvalue weighted by molar-refractivity contribution is -0.143. The summed E-state index contributed by atoms with van der Waals surface area (Å²) < 4.78 is 0. The smallest absolute Gasteiger partial charge is 0.315 e. The Morgan fingerprint density at radius 2 is 1.70 bits per heavy atom. The van der Waals surface area contributed by atoms with Crippen molar-refractivity contribution in [1.82, 2.24) is 15.5 Å². The number of aliphatic carboxylic acids is 1. The first-order valence-electron chi connectivity index (χ1n) is 7.54. The van der Waals surface area contributed by atoms with Crippen molar-refractivity contribution in [2.45, 2.75) is 50.6 Å². The second-order valence-electron chi connectivity index (χ2n) is 6.03. The van der Waals surface area contributed by atoms with E-state index in [9.17, 15) is 14.7 Å². The topological polar surface area (TPSA) is 81.7 Å². The first kappa shape index (κ1) is 15.1. The van der Waals surface area contributed by atoms with Crippen LogP contribution in [0.15, 0.2) is 0 Å². The van der Waals surface area contributed by atoms with Gasteiger partial charge in [-0.15, -0.1) is 0 Å². The van der Waals surface area contributed by atoms with Crippen LogP contribution in [0.2, 0.25) is 0 Å². The van der Waals surface area contributed by atoms with E-state index in [1.807, 2.05) is 0 Å². The fourth-order valence-corrected chi connectivity index (χ4v) is 3.15. The molecule has 0 aromatic heterocycles. The SMILES string of the molecule is CN1CCC(NC(=O)NC2CCCCC2C(=O)O)CC1. The van der Waals surface area contributed by atoms with Crippen molar-refractivity contribution in [3.63, 3.8) is 0 Å². The minimum absolute atomic E-state index is 0.207. The fourth-order valence-electron chi connectivity index (χ4n) is 3.15. The monoisotopic (exact) mass is 283 g/mol. The van der Waals surface area contributed by atoms with Crippen LogP contribution < -0.4 is 10.6 Å². The standard InChI is InChI=1S/C14H25N3O3/c1-17-8-6-10(7-9-17)15-14(20)16-12-5-3-2-4-11(12)13(18)19/h10-12H,2-9H2,1H3,(H,18,19)(H2,15,16,20). The molecule has 0 bridgehead atoms. The first-order valence-corrected chi connectivity index (χ1v) is 7.54. The normalized spacial score (nSPS) is 28.9. The summed E-state index contributed by atoms with van der Waals surface area (Å²) in [6.45, 7) is 1.98. The van der Waals surface area contributed by atoms with Crippen LogP contribution in [0.5, 0.6) is 0 Å². The van der Waals surface area contributed by atoms with E-state index in [2.05, 4.69) is 22.6 Å². The van der Waals surface area contributed by atoms with Crippen molar-refractivity contribution in [2.75, 3.05) is 20.1 Å². The summed E-state index contributed by atoms with van der Waals surface area (Å²) in [6.07, 6.45) is 5.26. The summed E-state index contributed by atoms with van der Waals surface area (Å²) in [4.78, 5) is 25.4. The maximum Gasteiger partial charge on any atom is 0.315 e. The van der Waals surface area contributed by atoms with Gasteiger partial charge in [0.25, 0.3) is 0 Å². The third-order valence-corrected chi connectivity index (χ3v) is 4.45. The van der Waals surface area contributed by atoms with E-state index < -0.39 is 11.9 Å². The lowest BCUT2D eigenvalue weighted by atomic mass is 9.84. The van der Waals surface area contributed by atoms with Gasteiger partial charge in [0, 0.05) is 12.1 Å². The number of carboxylic acid groups (broad SMARTS) is 1. The Hall–Kier alpha value is -1.30. The third kappa shape index (κ3) is 4.10. The zero-order valence-electron chi connectivity index (χ0n) is 12.1. The van der Waals surface area contributed by atoms with Crippen LogP contribution in [0.1, 0.15) is 38.5 Å². The van der Waals surface area contributed by atoms with Gasteiger partial charge in [0.05, 0.1) is 5.92 Å². The van der Waals surface area contributed by atoms with Crippen LogP contribution in [-0.2, 0) is 4.79 Å². The molecule has 1 aliphatic carbocycles. The Labute approximate surface area is 119 Å². The molecular formula is C14H25N3O3. The summed E-state index contributed by atoms with van der Waals surface area (Å²) in [6, 6.07) is -0.233. The molecule has 0 radical (unpaired) electrons. The number of urea groups is 1. The Bertz CT molecular complexity index is 354. The van der Waals surface area contributed by atoms with E-state index in [0.29, 0.717) is 6.42 Å². The Morgan fingerprint density at radius 1 is 1.05 bits per heavy atom. The Balaban J connectivity index is 1.79. The largest absolute Gasteiger partial charge is 0.481 e. The molecule has 2 aliphatic rings. The van der Waals surface area contributed by atoms with Crippen LogP contribution in [0, 0.1) is 5.92 Å². The average Bonchev–Trinajstić information content (AvgIpc) is 2.41. The van der Waals surface area contributed by atoms with Crippen LogP contribution >= 0.6 is 0 Å². The minimum Gasteiger partial charge on any atom is -0.481 e. The van der Waals surface area contributed by atoms with Gasteiger partial charge in [-0.05, 0) is 45.8 Å². The molecule has 2 rings (SSSR count). The van der Waals surface area contributed by atoms with E-state index in [-0.39, 0.29) is 18.1 Å². The molecule has 6 nitrogen and oxygen atoms in total. The molecular weight excluding hydrogens is 258 g/mol.